The van der Waals surface area contributed by atoms with E-state index >= 15 is 0 Å². The van der Waals surface area contributed by atoms with Gasteiger partial charge in [-0.3, -0.25) is 4.79 Å². The van der Waals surface area contributed by atoms with Crippen LogP contribution in [0.4, 0.5) is 5.82 Å². The van der Waals surface area contributed by atoms with E-state index in [1.165, 1.54) is 18.4 Å². The van der Waals surface area contributed by atoms with Gasteiger partial charge in [-0.2, -0.15) is 0 Å². The molecule has 1 aliphatic carbocycles. The van der Waals surface area contributed by atoms with E-state index < -0.39 is 0 Å². The van der Waals surface area contributed by atoms with Crippen molar-refractivity contribution in [3.63, 3.8) is 0 Å². The Morgan fingerprint density at radius 3 is 2.71 bits per heavy atom. The molecule has 0 unspecified atom stereocenters. The number of amides is 1. The number of rotatable bonds is 6. The first-order valence-corrected chi connectivity index (χ1v) is 8.44. The Hall–Kier alpha value is -2.43. The van der Waals surface area contributed by atoms with Gasteiger partial charge in [0.25, 0.3) is 0 Å². The van der Waals surface area contributed by atoms with E-state index in [0.717, 1.165) is 22.9 Å². The third kappa shape index (κ3) is 4.10. The molecule has 0 radical (unpaired) electrons. The van der Waals surface area contributed by atoms with Crippen molar-refractivity contribution in [1.29, 1.82) is 0 Å². The summed E-state index contributed by atoms with van der Waals surface area (Å²) in [6.45, 7) is 3.61. The molecule has 1 aromatic heterocycles. The maximum absolute atomic E-state index is 11.7. The van der Waals surface area contributed by atoms with Crippen molar-refractivity contribution < 1.29 is 4.79 Å². The van der Waals surface area contributed by atoms with Crippen molar-refractivity contribution >= 4 is 11.7 Å². The van der Waals surface area contributed by atoms with Crippen LogP contribution in [-0.2, 0) is 11.2 Å². The molecule has 5 nitrogen and oxygen atoms in total. The molecular weight excluding hydrogens is 300 g/mol. The zero-order valence-corrected chi connectivity index (χ0v) is 14.5. The monoisotopic (exact) mass is 324 g/mol. The number of carbonyl (C=O) groups is 1. The summed E-state index contributed by atoms with van der Waals surface area (Å²) in [5.41, 5.74) is 3.24. The molecule has 1 atom stereocenters. The maximum atomic E-state index is 11.7. The molecule has 1 aliphatic rings. The summed E-state index contributed by atoms with van der Waals surface area (Å²) < 4.78 is 0. The Bertz CT molecular complexity index is 740. The largest absolute Gasteiger partial charge is 0.373 e. The number of aryl methyl sites for hydroxylation is 1. The second kappa shape index (κ2) is 6.99. The lowest BCUT2D eigenvalue weighted by molar-refractivity contribution is -0.119. The first-order valence-electron chi connectivity index (χ1n) is 8.44. The molecule has 1 amide bonds. The maximum Gasteiger partial charge on any atom is 0.217 e. The van der Waals surface area contributed by atoms with Crippen LogP contribution in [0.5, 0.6) is 0 Å². The summed E-state index contributed by atoms with van der Waals surface area (Å²) in [6, 6.07) is 10.1. The molecule has 1 fully saturated rings. The highest BCUT2D eigenvalue weighted by Gasteiger charge is 2.27. The average molecular weight is 324 g/mol. The minimum absolute atomic E-state index is 0.0354. The molecule has 1 aromatic carbocycles. The SMILES string of the molecule is CNc1cc(C[C@@H](NC(C)=O)c2cccc(C)c2)nc(C2CC2)n1. The molecule has 0 saturated heterocycles. The van der Waals surface area contributed by atoms with E-state index in [0.29, 0.717) is 12.3 Å². The number of carbonyl (C=O) groups excluding carboxylic acids is 1. The Kier molecular flexibility index (Phi) is 4.79. The number of benzene rings is 1. The molecule has 2 aromatic rings. The number of hydrogen-bond acceptors (Lipinski definition) is 4. The van der Waals surface area contributed by atoms with E-state index in [1.807, 2.05) is 19.2 Å². The predicted octanol–water partition coefficient (Wildman–Crippen LogP) is 3.12. The molecule has 1 saturated carbocycles. The van der Waals surface area contributed by atoms with Gasteiger partial charge in [-0.05, 0) is 25.3 Å². The predicted molar refractivity (Wildman–Crippen MR) is 95.0 cm³/mol. The molecule has 24 heavy (non-hydrogen) atoms. The van der Waals surface area contributed by atoms with Crippen LogP contribution in [0.15, 0.2) is 30.3 Å². The molecule has 0 aliphatic heterocycles. The van der Waals surface area contributed by atoms with E-state index in [9.17, 15) is 4.79 Å². The Morgan fingerprint density at radius 2 is 2.08 bits per heavy atom. The van der Waals surface area contributed by atoms with Gasteiger partial charge in [0.05, 0.1) is 6.04 Å². The molecular formula is C19H24N4O. The van der Waals surface area contributed by atoms with Gasteiger partial charge in [0.2, 0.25) is 5.91 Å². The van der Waals surface area contributed by atoms with Crippen molar-refractivity contribution in [3.8, 4) is 0 Å². The van der Waals surface area contributed by atoms with E-state index in [-0.39, 0.29) is 11.9 Å². The third-order valence-corrected chi connectivity index (χ3v) is 4.23. The summed E-state index contributed by atoms with van der Waals surface area (Å²) in [5, 5.41) is 6.17. The zero-order chi connectivity index (χ0) is 17.1. The Balaban J connectivity index is 1.89. The second-order valence-corrected chi connectivity index (χ2v) is 6.50. The van der Waals surface area contributed by atoms with Gasteiger partial charge < -0.3 is 10.6 Å². The van der Waals surface area contributed by atoms with Crippen LogP contribution in [0.2, 0.25) is 0 Å². The highest BCUT2D eigenvalue weighted by atomic mass is 16.1. The lowest BCUT2D eigenvalue weighted by Gasteiger charge is -2.19. The molecule has 0 spiro atoms. The van der Waals surface area contributed by atoms with Crippen LogP contribution >= 0.6 is 0 Å². The summed E-state index contributed by atoms with van der Waals surface area (Å²) in [7, 11) is 1.87. The van der Waals surface area contributed by atoms with Crippen molar-refractivity contribution in [2.75, 3.05) is 12.4 Å². The van der Waals surface area contributed by atoms with Crippen molar-refractivity contribution in [2.24, 2.45) is 0 Å². The van der Waals surface area contributed by atoms with E-state index in [2.05, 4.69) is 40.7 Å². The molecule has 126 valence electrons. The van der Waals surface area contributed by atoms with Crippen LogP contribution in [0.3, 0.4) is 0 Å². The van der Waals surface area contributed by atoms with Crippen LogP contribution in [0, 0.1) is 6.92 Å². The molecule has 0 bridgehead atoms. The smallest absolute Gasteiger partial charge is 0.217 e. The number of hydrogen-bond donors (Lipinski definition) is 2. The minimum atomic E-state index is -0.0888. The third-order valence-electron chi connectivity index (χ3n) is 4.23. The molecule has 1 heterocycles. The van der Waals surface area contributed by atoms with Crippen LogP contribution in [-0.4, -0.2) is 22.9 Å². The van der Waals surface area contributed by atoms with Gasteiger partial charge in [-0.1, -0.05) is 29.8 Å². The fraction of sp³-hybridized carbons (Fsp3) is 0.421. The fourth-order valence-electron chi connectivity index (χ4n) is 2.87. The van der Waals surface area contributed by atoms with Gasteiger partial charge in [-0.25, -0.2) is 9.97 Å². The van der Waals surface area contributed by atoms with Crippen LogP contribution in [0.1, 0.15) is 54.4 Å². The first kappa shape index (κ1) is 16.4. The summed E-state index contributed by atoms with van der Waals surface area (Å²) in [4.78, 5) is 21.0. The highest BCUT2D eigenvalue weighted by molar-refractivity contribution is 5.73. The van der Waals surface area contributed by atoms with Gasteiger partial charge in [0.1, 0.15) is 11.6 Å². The number of anilines is 1. The summed E-state index contributed by atoms with van der Waals surface area (Å²) in [5.74, 6) is 2.22. The molecule has 3 rings (SSSR count). The number of aromatic nitrogens is 2. The van der Waals surface area contributed by atoms with Crippen LogP contribution in [0.25, 0.3) is 0 Å². The lowest BCUT2D eigenvalue weighted by Crippen LogP contribution is -2.28. The van der Waals surface area contributed by atoms with Gasteiger partial charge in [0.15, 0.2) is 0 Å². The normalized spacial score (nSPS) is 15.0. The van der Waals surface area contributed by atoms with Crippen molar-refractivity contribution in [1.82, 2.24) is 15.3 Å². The zero-order valence-electron chi connectivity index (χ0n) is 14.5. The molecule has 5 heteroatoms. The second-order valence-electron chi connectivity index (χ2n) is 6.50. The average Bonchev–Trinajstić information content (AvgIpc) is 3.38. The minimum Gasteiger partial charge on any atom is -0.373 e. The Labute approximate surface area is 142 Å². The lowest BCUT2D eigenvalue weighted by atomic mass is 9.99. The van der Waals surface area contributed by atoms with Gasteiger partial charge >= 0.3 is 0 Å². The number of nitrogens with zero attached hydrogens (tertiary/aromatic N) is 2. The summed E-state index contributed by atoms with van der Waals surface area (Å²) in [6.07, 6.45) is 2.99. The van der Waals surface area contributed by atoms with Gasteiger partial charge in [-0.15, -0.1) is 0 Å². The van der Waals surface area contributed by atoms with Crippen LogP contribution < -0.4 is 10.6 Å². The standard InChI is InChI=1S/C19H24N4O/c1-12-5-4-6-15(9-12)17(21-13(2)24)10-16-11-18(20-3)23-19(22-16)14-7-8-14/h4-6,9,11,14,17H,7-8,10H2,1-3H3,(H,21,24)(H,20,22,23)/t17-/m1/s1. The van der Waals surface area contributed by atoms with E-state index in [1.54, 1.807) is 6.92 Å². The molecule has 2 N–H and O–H groups in total. The quantitative estimate of drug-likeness (QED) is 0.857. The first-order chi connectivity index (χ1) is 11.5. The topological polar surface area (TPSA) is 66.9 Å². The summed E-state index contributed by atoms with van der Waals surface area (Å²) >= 11 is 0. The highest BCUT2D eigenvalue weighted by Crippen LogP contribution is 2.38. The van der Waals surface area contributed by atoms with Crippen molar-refractivity contribution in [3.05, 3.63) is 53.0 Å². The van der Waals surface area contributed by atoms with Gasteiger partial charge in [0, 0.05) is 38.1 Å². The fourth-order valence-corrected chi connectivity index (χ4v) is 2.87. The van der Waals surface area contributed by atoms with E-state index in [4.69, 9.17) is 4.98 Å². The Morgan fingerprint density at radius 1 is 1.29 bits per heavy atom. The van der Waals surface area contributed by atoms with Crippen molar-refractivity contribution in [2.45, 2.75) is 45.1 Å². The number of nitrogens with one attached hydrogen (secondary N) is 2.